The van der Waals surface area contributed by atoms with Crippen LogP contribution in [0.4, 0.5) is 5.82 Å². The Hall–Kier alpha value is -2.07. The van der Waals surface area contributed by atoms with Crippen molar-refractivity contribution in [1.82, 2.24) is 9.97 Å². The lowest BCUT2D eigenvalue weighted by atomic mass is 9.92. The Morgan fingerprint density at radius 1 is 1.17 bits per heavy atom. The highest BCUT2D eigenvalue weighted by molar-refractivity contribution is 7.99. The molecule has 2 heterocycles. The Balaban J connectivity index is 1.91. The van der Waals surface area contributed by atoms with Crippen LogP contribution in [-0.4, -0.2) is 28.0 Å². The van der Waals surface area contributed by atoms with Crippen molar-refractivity contribution in [3.8, 4) is 0 Å². The van der Waals surface area contributed by atoms with Crippen LogP contribution in [0.3, 0.4) is 0 Å². The number of benzene rings is 1. The summed E-state index contributed by atoms with van der Waals surface area (Å²) in [6, 6.07) is 6.76. The summed E-state index contributed by atoms with van der Waals surface area (Å²) in [6.07, 6.45) is 9.01. The second kappa shape index (κ2) is 10.8. The van der Waals surface area contributed by atoms with Crippen molar-refractivity contribution in [3.63, 3.8) is 0 Å². The van der Waals surface area contributed by atoms with Crippen LogP contribution in [0.25, 0.3) is 10.9 Å². The van der Waals surface area contributed by atoms with Crippen LogP contribution in [0, 0.1) is 6.92 Å². The van der Waals surface area contributed by atoms with E-state index in [1.165, 1.54) is 41.1 Å². The largest absolute Gasteiger partial charge is 0.365 e. The highest BCUT2D eigenvalue weighted by atomic mass is 32.2. The Morgan fingerprint density at radius 3 is 2.63 bits per heavy atom. The molecule has 160 valence electrons. The van der Waals surface area contributed by atoms with Gasteiger partial charge in [0.2, 0.25) is 0 Å². The van der Waals surface area contributed by atoms with E-state index in [-0.39, 0.29) is 0 Å². The van der Waals surface area contributed by atoms with Gasteiger partial charge in [0.25, 0.3) is 0 Å². The second-order valence-electron chi connectivity index (χ2n) is 8.21. The molecule has 0 bridgehead atoms. The van der Waals surface area contributed by atoms with Crippen LogP contribution >= 0.6 is 11.8 Å². The van der Waals surface area contributed by atoms with Crippen LogP contribution < -0.4 is 5.32 Å². The van der Waals surface area contributed by atoms with E-state index in [0.717, 1.165) is 47.5 Å². The molecule has 0 atom stereocenters. The van der Waals surface area contributed by atoms with Gasteiger partial charge in [0.1, 0.15) is 11.6 Å². The molecule has 1 aliphatic heterocycles. The molecule has 1 N–H and O–H groups in total. The van der Waals surface area contributed by atoms with Crippen molar-refractivity contribution in [1.29, 1.82) is 0 Å². The number of rotatable bonds is 8. The molecule has 2 aromatic rings. The van der Waals surface area contributed by atoms with Gasteiger partial charge in [-0.1, -0.05) is 49.8 Å². The van der Waals surface area contributed by atoms with Crippen molar-refractivity contribution in [3.05, 3.63) is 65.0 Å². The number of anilines is 1. The van der Waals surface area contributed by atoms with Gasteiger partial charge in [0.15, 0.2) is 0 Å². The monoisotopic (exact) mass is 421 g/mol. The molecule has 4 heteroatoms. The van der Waals surface area contributed by atoms with Gasteiger partial charge in [-0.2, -0.15) is 11.8 Å². The Morgan fingerprint density at radius 2 is 1.93 bits per heavy atom. The maximum absolute atomic E-state index is 4.76. The molecule has 1 saturated heterocycles. The Labute approximate surface area is 186 Å². The number of nitrogens with zero attached hydrogens (tertiary/aromatic N) is 2. The standard InChI is InChI=1S/C26H35N3S/c1-6-18(3)14-21(15-19(4)7-2)17-27-26-24-16-23(22-10-12-30-13-11-22)8-9-25(24)28-20(5)29-26/h8-9,14-16,22H,3,6-7,10-13,17H2,1-2,4-5H3,(H,27,28,29)/b19-15+,21-14+. The minimum Gasteiger partial charge on any atom is -0.365 e. The Kier molecular flexibility index (Phi) is 8.15. The smallest absolute Gasteiger partial charge is 0.137 e. The number of hydrogen-bond donors (Lipinski definition) is 1. The Bertz CT molecular complexity index is 952. The number of hydrogen-bond acceptors (Lipinski definition) is 4. The van der Waals surface area contributed by atoms with Gasteiger partial charge in [-0.05, 0) is 80.2 Å². The maximum atomic E-state index is 4.76. The summed E-state index contributed by atoms with van der Waals surface area (Å²) in [5, 5.41) is 4.73. The summed E-state index contributed by atoms with van der Waals surface area (Å²) in [7, 11) is 0. The molecule has 3 nitrogen and oxygen atoms in total. The number of allylic oxidation sites excluding steroid dienone is 3. The van der Waals surface area contributed by atoms with Crippen molar-refractivity contribution >= 4 is 28.5 Å². The molecule has 0 spiro atoms. The molecular formula is C26H35N3S. The van der Waals surface area contributed by atoms with E-state index >= 15 is 0 Å². The molecular weight excluding hydrogens is 386 g/mol. The predicted octanol–water partition coefficient (Wildman–Crippen LogP) is 7.21. The van der Waals surface area contributed by atoms with E-state index in [4.69, 9.17) is 4.98 Å². The third-order valence-corrected chi connectivity index (χ3v) is 6.87. The molecule has 1 aliphatic rings. The average Bonchev–Trinajstić information content (AvgIpc) is 2.77. The van der Waals surface area contributed by atoms with E-state index in [1.54, 1.807) is 0 Å². The fourth-order valence-corrected chi connectivity index (χ4v) is 4.90. The summed E-state index contributed by atoms with van der Waals surface area (Å²) in [5.41, 5.74) is 6.20. The summed E-state index contributed by atoms with van der Waals surface area (Å²) >= 11 is 2.07. The molecule has 1 aromatic carbocycles. The first-order valence-electron chi connectivity index (χ1n) is 11.2. The van der Waals surface area contributed by atoms with Crippen molar-refractivity contribution < 1.29 is 0 Å². The highest BCUT2D eigenvalue weighted by Crippen LogP contribution is 2.34. The van der Waals surface area contributed by atoms with E-state index in [0.29, 0.717) is 5.92 Å². The fourth-order valence-electron chi connectivity index (χ4n) is 3.79. The molecule has 3 rings (SSSR count). The summed E-state index contributed by atoms with van der Waals surface area (Å²) in [4.78, 5) is 9.44. The van der Waals surface area contributed by atoms with Gasteiger partial charge in [0.05, 0.1) is 5.52 Å². The number of aromatic nitrogens is 2. The highest BCUT2D eigenvalue weighted by Gasteiger charge is 2.17. The minimum absolute atomic E-state index is 0.656. The van der Waals surface area contributed by atoms with E-state index in [9.17, 15) is 0 Å². The molecule has 1 fully saturated rings. The lowest BCUT2D eigenvalue weighted by Gasteiger charge is -2.22. The van der Waals surface area contributed by atoms with Gasteiger partial charge in [-0.25, -0.2) is 9.97 Å². The maximum Gasteiger partial charge on any atom is 0.137 e. The number of fused-ring (bicyclic) bond motifs is 1. The SMILES string of the molecule is C=C(/C=C(\C=C(/C)CC)CNc1nc(C)nc2ccc(C3CCSCC3)cc12)CC. The third kappa shape index (κ3) is 5.98. The van der Waals surface area contributed by atoms with Gasteiger partial charge in [-0.15, -0.1) is 0 Å². The quantitative estimate of drug-likeness (QED) is 0.457. The summed E-state index contributed by atoms with van der Waals surface area (Å²) < 4.78 is 0. The number of nitrogens with one attached hydrogen (secondary N) is 1. The number of thioether (sulfide) groups is 1. The van der Waals surface area contributed by atoms with Gasteiger partial charge in [0, 0.05) is 11.9 Å². The lowest BCUT2D eigenvalue weighted by molar-refractivity contribution is 0.638. The zero-order chi connectivity index (χ0) is 21.5. The first-order valence-corrected chi connectivity index (χ1v) is 12.3. The van der Waals surface area contributed by atoms with E-state index in [1.807, 2.05) is 6.92 Å². The van der Waals surface area contributed by atoms with Crippen molar-refractivity contribution in [2.45, 2.75) is 59.3 Å². The van der Waals surface area contributed by atoms with Crippen LogP contribution in [0.5, 0.6) is 0 Å². The van der Waals surface area contributed by atoms with Crippen LogP contribution in [-0.2, 0) is 0 Å². The zero-order valence-electron chi connectivity index (χ0n) is 18.9. The molecule has 0 saturated carbocycles. The average molecular weight is 422 g/mol. The second-order valence-corrected chi connectivity index (χ2v) is 9.44. The molecule has 0 unspecified atom stereocenters. The molecule has 0 radical (unpaired) electrons. The zero-order valence-corrected chi connectivity index (χ0v) is 19.7. The van der Waals surface area contributed by atoms with Crippen molar-refractivity contribution in [2.24, 2.45) is 0 Å². The van der Waals surface area contributed by atoms with Gasteiger partial charge in [-0.3, -0.25) is 0 Å². The fraction of sp³-hybridized carbons (Fsp3) is 0.462. The summed E-state index contributed by atoms with van der Waals surface area (Å²) in [5.74, 6) is 4.91. The van der Waals surface area contributed by atoms with E-state index in [2.05, 4.69) is 79.8 Å². The van der Waals surface area contributed by atoms with Crippen molar-refractivity contribution in [2.75, 3.05) is 23.4 Å². The topological polar surface area (TPSA) is 37.8 Å². The molecule has 0 amide bonds. The molecule has 1 aromatic heterocycles. The first kappa shape index (κ1) is 22.6. The van der Waals surface area contributed by atoms with Crippen LogP contribution in [0.2, 0.25) is 0 Å². The van der Waals surface area contributed by atoms with Crippen LogP contribution in [0.15, 0.2) is 53.6 Å². The summed E-state index contributed by atoms with van der Waals surface area (Å²) in [6.45, 7) is 13.4. The number of aryl methyl sites for hydroxylation is 1. The minimum atomic E-state index is 0.656. The van der Waals surface area contributed by atoms with Crippen LogP contribution in [0.1, 0.15) is 63.8 Å². The molecule has 0 aliphatic carbocycles. The molecule has 30 heavy (non-hydrogen) atoms. The van der Waals surface area contributed by atoms with E-state index < -0.39 is 0 Å². The first-order chi connectivity index (χ1) is 14.5. The predicted molar refractivity (Wildman–Crippen MR) is 134 cm³/mol. The third-order valence-electron chi connectivity index (χ3n) is 5.82. The van der Waals surface area contributed by atoms with Gasteiger partial charge < -0.3 is 5.32 Å². The normalized spacial score (nSPS) is 16.1. The van der Waals surface area contributed by atoms with Gasteiger partial charge >= 0.3 is 0 Å². The lowest BCUT2D eigenvalue weighted by Crippen LogP contribution is -2.10.